The number of hydrogen-bond donors (Lipinski definition) is 1. The molecule has 0 bridgehead atoms. The quantitative estimate of drug-likeness (QED) is 0.260. The van der Waals surface area contributed by atoms with Crippen molar-refractivity contribution in [3.8, 4) is 17.2 Å². The van der Waals surface area contributed by atoms with Crippen molar-refractivity contribution >= 4 is 29.7 Å². The van der Waals surface area contributed by atoms with E-state index < -0.39 is 41.8 Å². The summed E-state index contributed by atoms with van der Waals surface area (Å²) in [6, 6.07) is 14.9. The van der Waals surface area contributed by atoms with E-state index >= 15 is 0 Å². The zero-order valence-corrected chi connectivity index (χ0v) is 26.0. The van der Waals surface area contributed by atoms with Crippen molar-refractivity contribution in [2.45, 2.75) is 32.4 Å². The highest BCUT2D eigenvalue weighted by Crippen LogP contribution is 2.42. The number of ether oxygens (including phenoxy) is 4. The number of hydrogen-bond acceptors (Lipinski definition) is 9. The molecule has 12 heteroatoms. The molecule has 0 fully saturated rings. The molecule has 5 rings (SSSR count). The standard InChI is InChI=1S/C34H33N3O9/c1-6-46-33(41)27-19(2)36(34(42)35-28(27)21-17-25(43-3)29(45-5)26(18-21)44-4)32(40)24(16-20-12-8-7-9-13-20)37-30(38)22-14-10-11-15-23(22)31(37)39/h7-15,17-18,24,28H,6,16H2,1-5H3,(H,35,42)/t24-,28+/m0/s1. The Morgan fingerprint density at radius 1 is 0.848 bits per heavy atom. The number of benzene rings is 3. The lowest BCUT2D eigenvalue weighted by Gasteiger charge is -2.37. The first kappa shape index (κ1) is 31.8. The molecule has 0 aliphatic carbocycles. The van der Waals surface area contributed by atoms with Crippen LogP contribution in [0.25, 0.3) is 0 Å². The van der Waals surface area contributed by atoms with Crippen molar-refractivity contribution in [2.75, 3.05) is 27.9 Å². The summed E-state index contributed by atoms with van der Waals surface area (Å²) in [5.74, 6) is -2.12. The second-order valence-electron chi connectivity index (χ2n) is 10.5. The van der Waals surface area contributed by atoms with Gasteiger partial charge in [0.05, 0.1) is 50.7 Å². The number of imide groups is 2. The summed E-state index contributed by atoms with van der Waals surface area (Å²) in [5.41, 5.74) is 1.29. The van der Waals surface area contributed by atoms with E-state index in [9.17, 15) is 24.0 Å². The molecule has 0 radical (unpaired) electrons. The van der Waals surface area contributed by atoms with E-state index in [0.717, 1.165) is 9.80 Å². The largest absolute Gasteiger partial charge is 0.493 e. The zero-order chi connectivity index (χ0) is 33.1. The molecule has 0 saturated heterocycles. The highest BCUT2D eigenvalue weighted by molar-refractivity contribution is 6.23. The molecule has 0 spiro atoms. The molecule has 0 saturated carbocycles. The van der Waals surface area contributed by atoms with Crippen LogP contribution in [0.15, 0.2) is 78.0 Å². The predicted octanol–water partition coefficient (Wildman–Crippen LogP) is 4.05. The molecule has 2 heterocycles. The molecule has 46 heavy (non-hydrogen) atoms. The maximum atomic E-state index is 14.5. The zero-order valence-electron chi connectivity index (χ0n) is 26.0. The van der Waals surface area contributed by atoms with Gasteiger partial charge < -0.3 is 24.3 Å². The molecule has 0 unspecified atom stereocenters. The maximum absolute atomic E-state index is 14.5. The molecule has 0 aromatic heterocycles. The van der Waals surface area contributed by atoms with Gasteiger partial charge in [0.25, 0.3) is 17.7 Å². The molecular formula is C34H33N3O9. The van der Waals surface area contributed by atoms with Gasteiger partial charge in [0, 0.05) is 12.1 Å². The Hall–Kier alpha value is -5.65. The number of rotatable bonds is 10. The lowest BCUT2D eigenvalue weighted by atomic mass is 9.93. The third-order valence-electron chi connectivity index (χ3n) is 7.91. The van der Waals surface area contributed by atoms with Gasteiger partial charge in [-0.15, -0.1) is 0 Å². The normalized spacial score (nSPS) is 16.5. The Morgan fingerprint density at radius 2 is 1.41 bits per heavy atom. The van der Waals surface area contributed by atoms with Crippen LogP contribution < -0.4 is 19.5 Å². The number of esters is 1. The highest BCUT2D eigenvalue weighted by atomic mass is 16.5. The molecule has 2 aliphatic rings. The van der Waals surface area contributed by atoms with Crippen molar-refractivity contribution < 1.29 is 42.9 Å². The molecular weight excluding hydrogens is 594 g/mol. The fourth-order valence-corrected chi connectivity index (χ4v) is 5.77. The van der Waals surface area contributed by atoms with Crippen LogP contribution in [0.3, 0.4) is 0 Å². The van der Waals surface area contributed by atoms with Crippen molar-refractivity contribution in [3.05, 3.63) is 100 Å². The first-order valence-corrected chi connectivity index (χ1v) is 14.5. The summed E-state index contributed by atoms with van der Waals surface area (Å²) in [7, 11) is 4.31. The van der Waals surface area contributed by atoms with Gasteiger partial charge >= 0.3 is 12.0 Å². The third kappa shape index (κ3) is 5.53. The Bertz CT molecular complexity index is 1690. The van der Waals surface area contributed by atoms with E-state index in [4.69, 9.17) is 18.9 Å². The molecule has 3 aromatic rings. The minimum absolute atomic E-state index is 0.0190. The summed E-state index contributed by atoms with van der Waals surface area (Å²) in [6.07, 6.45) is -0.0761. The van der Waals surface area contributed by atoms with Gasteiger partial charge in [-0.2, -0.15) is 0 Å². The molecule has 12 nitrogen and oxygen atoms in total. The third-order valence-corrected chi connectivity index (χ3v) is 7.91. The van der Waals surface area contributed by atoms with Crippen LogP contribution >= 0.6 is 0 Å². The second kappa shape index (κ2) is 13.1. The van der Waals surface area contributed by atoms with E-state index in [-0.39, 0.29) is 46.9 Å². The van der Waals surface area contributed by atoms with Gasteiger partial charge in [0.2, 0.25) is 5.75 Å². The fraction of sp³-hybridized carbons (Fsp3) is 0.265. The summed E-state index contributed by atoms with van der Waals surface area (Å²) >= 11 is 0. The van der Waals surface area contributed by atoms with E-state index in [1.165, 1.54) is 40.4 Å². The van der Waals surface area contributed by atoms with Crippen molar-refractivity contribution in [1.82, 2.24) is 15.1 Å². The van der Waals surface area contributed by atoms with Crippen molar-refractivity contribution in [2.24, 2.45) is 0 Å². The van der Waals surface area contributed by atoms with Gasteiger partial charge in [-0.1, -0.05) is 42.5 Å². The average Bonchev–Trinajstić information content (AvgIpc) is 3.31. The van der Waals surface area contributed by atoms with E-state index in [2.05, 4.69) is 5.32 Å². The van der Waals surface area contributed by atoms with Crippen LogP contribution in [0.4, 0.5) is 4.79 Å². The second-order valence-corrected chi connectivity index (χ2v) is 10.5. The van der Waals surface area contributed by atoms with Crippen LogP contribution in [0, 0.1) is 0 Å². The number of fused-ring (bicyclic) bond motifs is 1. The minimum atomic E-state index is -1.42. The summed E-state index contributed by atoms with van der Waals surface area (Å²) < 4.78 is 21.7. The summed E-state index contributed by atoms with van der Waals surface area (Å²) in [6.45, 7) is 3.09. The van der Waals surface area contributed by atoms with Crippen molar-refractivity contribution in [1.29, 1.82) is 0 Å². The monoisotopic (exact) mass is 627 g/mol. The SMILES string of the molecule is CCOC(=O)C1=C(C)N(C(=O)[C@H](Cc2ccccc2)N2C(=O)c3ccccc3C2=O)C(=O)N[C@@H]1c1cc(OC)c(OC)c(OC)c1. The van der Waals surface area contributed by atoms with Gasteiger partial charge in [-0.25, -0.2) is 14.5 Å². The van der Waals surface area contributed by atoms with Gasteiger partial charge in [-0.3, -0.25) is 19.3 Å². The lowest BCUT2D eigenvalue weighted by molar-refractivity contribution is -0.139. The van der Waals surface area contributed by atoms with Crippen LogP contribution in [-0.4, -0.2) is 73.5 Å². The number of urea groups is 1. The number of nitrogens with zero attached hydrogens (tertiary/aromatic N) is 2. The van der Waals surface area contributed by atoms with Crippen LogP contribution in [0.5, 0.6) is 17.2 Å². The number of amides is 5. The molecule has 2 aliphatic heterocycles. The summed E-state index contributed by atoms with van der Waals surface area (Å²) in [4.78, 5) is 70.7. The molecule has 1 N–H and O–H groups in total. The van der Waals surface area contributed by atoms with Crippen LogP contribution in [0.2, 0.25) is 0 Å². The Balaban J connectivity index is 1.63. The van der Waals surface area contributed by atoms with E-state index in [1.54, 1.807) is 61.5 Å². The van der Waals surface area contributed by atoms with Crippen molar-refractivity contribution in [3.63, 3.8) is 0 Å². The average molecular weight is 628 g/mol. The Labute approximate surface area is 265 Å². The number of carbonyl (C=O) groups excluding carboxylic acids is 5. The molecule has 238 valence electrons. The van der Waals surface area contributed by atoms with E-state index in [1.807, 2.05) is 0 Å². The van der Waals surface area contributed by atoms with Gasteiger partial charge in [0.1, 0.15) is 6.04 Å². The number of nitrogens with one attached hydrogen (secondary N) is 1. The number of methoxy groups -OCH3 is 3. The molecule has 5 amide bonds. The predicted molar refractivity (Wildman–Crippen MR) is 164 cm³/mol. The topological polar surface area (TPSA) is 141 Å². The maximum Gasteiger partial charge on any atom is 0.338 e. The van der Waals surface area contributed by atoms with Crippen LogP contribution in [0.1, 0.15) is 51.7 Å². The van der Waals surface area contributed by atoms with Gasteiger partial charge in [0.15, 0.2) is 11.5 Å². The molecule has 2 atom stereocenters. The first-order valence-electron chi connectivity index (χ1n) is 14.5. The first-order chi connectivity index (χ1) is 22.2. The number of carbonyl (C=O) groups is 5. The minimum Gasteiger partial charge on any atom is -0.493 e. The highest BCUT2D eigenvalue weighted by Gasteiger charge is 2.47. The van der Waals surface area contributed by atoms with Crippen LogP contribution in [-0.2, 0) is 20.7 Å². The van der Waals surface area contributed by atoms with E-state index in [0.29, 0.717) is 16.9 Å². The number of allylic oxidation sites excluding steroid dienone is 1. The Morgan fingerprint density at radius 3 is 1.93 bits per heavy atom. The smallest absolute Gasteiger partial charge is 0.338 e. The fourth-order valence-electron chi connectivity index (χ4n) is 5.77. The lowest BCUT2D eigenvalue weighted by Crippen LogP contribution is -2.57. The van der Waals surface area contributed by atoms with Gasteiger partial charge in [-0.05, 0) is 49.2 Å². The Kier molecular flexibility index (Phi) is 9.08. The molecule has 3 aromatic carbocycles. The summed E-state index contributed by atoms with van der Waals surface area (Å²) in [5, 5.41) is 2.74.